The molecule has 0 spiro atoms. The van der Waals surface area contributed by atoms with E-state index in [1.165, 1.54) is 23.9 Å². The molecule has 4 rings (SSSR count). The number of halogens is 2. The molecule has 0 aliphatic carbocycles. The Hall–Kier alpha value is -3.27. The molecule has 0 saturated carbocycles. The Bertz CT molecular complexity index is 1140. The monoisotopic (exact) mass is 446 g/mol. The van der Waals surface area contributed by atoms with Crippen molar-refractivity contribution in [2.24, 2.45) is 0 Å². The van der Waals surface area contributed by atoms with Gasteiger partial charge in [0.05, 0.1) is 38.0 Å². The fourth-order valence-electron chi connectivity index (χ4n) is 3.72. The Morgan fingerprint density at radius 2 is 2.23 bits per heavy atom. The van der Waals surface area contributed by atoms with Crippen LogP contribution in [0.15, 0.2) is 30.7 Å². The third-order valence-corrected chi connectivity index (χ3v) is 5.44. The van der Waals surface area contributed by atoms with E-state index in [1.54, 1.807) is 12.3 Å². The molecular weight excluding hydrogens is 427 g/mol. The molecule has 11 heteroatoms. The number of aromatic nitrogens is 4. The van der Waals surface area contributed by atoms with Gasteiger partial charge in [0, 0.05) is 18.3 Å². The molecule has 1 aliphatic heterocycles. The van der Waals surface area contributed by atoms with Crippen molar-refractivity contribution in [2.45, 2.75) is 18.9 Å². The number of hydrogen-bond acceptors (Lipinski definition) is 7. The number of fused-ring (bicyclic) bond motifs is 1. The van der Waals surface area contributed by atoms with Gasteiger partial charge in [0.25, 0.3) is 5.91 Å². The predicted octanol–water partition coefficient (Wildman–Crippen LogP) is 2.15. The number of rotatable bonds is 7. The number of hydrogen-bond donors (Lipinski definition) is 1. The van der Waals surface area contributed by atoms with Gasteiger partial charge in [-0.3, -0.25) is 9.59 Å². The highest BCUT2D eigenvalue weighted by atomic mass is 35.5. The van der Waals surface area contributed by atoms with Crippen LogP contribution in [0.1, 0.15) is 34.8 Å². The molecule has 1 N–H and O–H groups in total. The molecule has 31 heavy (non-hydrogen) atoms. The van der Waals surface area contributed by atoms with Gasteiger partial charge in [-0.25, -0.2) is 18.9 Å². The molecule has 0 aromatic carbocycles. The summed E-state index contributed by atoms with van der Waals surface area (Å²) in [7, 11) is 1.50. The molecule has 4 heterocycles. The van der Waals surface area contributed by atoms with Crippen LogP contribution in [-0.4, -0.2) is 57.4 Å². The van der Waals surface area contributed by atoms with E-state index in [0.29, 0.717) is 29.5 Å². The predicted molar refractivity (Wildman–Crippen MR) is 111 cm³/mol. The van der Waals surface area contributed by atoms with Gasteiger partial charge in [-0.15, -0.1) is 11.6 Å². The maximum Gasteiger partial charge on any atom is 0.257 e. The Balaban J connectivity index is 1.66. The molecule has 1 aliphatic rings. The largest absolute Gasteiger partial charge is 0.481 e. The highest BCUT2D eigenvalue weighted by Crippen LogP contribution is 2.38. The number of methoxy groups -OCH3 is 1. The van der Waals surface area contributed by atoms with Crippen LogP contribution in [0.4, 0.5) is 10.2 Å². The zero-order valence-corrected chi connectivity index (χ0v) is 17.5. The minimum Gasteiger partial charge on any atom is -0.481 e. The van der Waals surface area contributed by atoms with Crippen molar-refractivity contribution < 1.29 is 18.7 Å². The van der Waals surface area contributed by atoms with Crippen LogP contribution >= 0.6 is 11.6 Å². The van der Waals surface area contributed by atoms with Crippen LogP contribution in [0, 0.1) is 5.82 Å². The standard InChI is InChI=1S/C20H20ClFN6O3/c1-31-20-14(7-12(22)9-24-20)16-3-2-5-27(16)17-4-6-28-18(26-17)15(11-25-28)19(30)23-10-13(29)8-21/h4,6-7,9,11,16H,2-3,5,8,10H2,1H3,(H,23,30). The SMILES string of the molecule is COc1ncc(F)cc1C1CCCN1c1ccn2ncc(C(=O)NCC(=O)CCl)c2n1. The smallest absolute Gasteiger partial charge is 0.257 e. The lowest BCUT2D eigenvalue weighted by molar-refractivity contribution is -0.115. The molecule has 1 atom stereocenters. The van der Waals surface area contributed by atoms with E-state index < -0.39 is 11.7 Å². The normalized spacial score (nSPS) is 16.0. The second-order valence-corrected chi connectivity index (χ2v) is 7.34. The molecule has 9 nitrogen and oxygen atoms in total. The number of amides is 1. The van der Waals surface area contributed by atoms with E-state index in [-0.39, 0.29) is 29.8 Å². The van der Waals surface area contributed by atoms with Gasteiger partial charge >= 0.3 is 0 Å². The maximum absolute atomic E-state index is 13.9. The number of pyridine rings is 1. The summed E-state index contributed by atoms with van der Waals surface area (Å²) in [6.07, 6.45) is 5.88. The molecule has 3 aromatic rings. The van der Waals surface area contributed by atoms with Crippen molar-refractivity contribution in [1.82, 2.24) is 24.9 Å². The lowest BCUT2D eigenvalue weighted by Crippen LogP contribution is -2.30. The summed E-state index contributed by atoms with van der Waals surface area (Å²) >= 11 is 5.47. The first-order valence-corrected chi connectivity index (χ1v) is 10.2. The van der Waals surface area contributed by atoms with E-state index in [9.17, 15) is 14.0 Å². The third-order valence-electron chi connectivity index (χ3n) is 5.14. The number of ether oxygens (including phenoxy) is 1. The molecule has 1 fully saturated rings. The number of nitrogens with zero attached hydrogens (tertiary/aromatic N) is 5. The number of carbonyl (C=O) groups excluding carboxylic acids is 2. The first-order chi connectivity index (χ1) is 15.0. The zero-order chi connectivity index (χ0) is 22.0. The van der Waals surface area contributed by atoms with Gasteiger partial charge in [0.2, 0.25) is 5.88 Å². The minimum atomic E-state index is -0.466. The van der Waals surface area contributed by atoms with Crippen molar-refractivity contribution in [3.05, 3.63) is 47.7 Å². The van der Waals surface area contributed by atoms with E-state index in [4.69, 9.17) is 16.3 Å². The van der Waals surface area contributed by atoms with E-state index in [1.807, 2.05) is 4.90 Å². The van der Waals surface area contributed by atoms with E-state index in [2.05, 4.69) is 20.4 Å². The summed E-state index contributed by atoms with van der Waals surface area (Å²) in [5.41, 5.74) is 1.24. The molecular formula is C20H20ClFN6O3. The molecule has 1 amide bonds. The van der Waals surface area contributed by atoms with Gasteiger partial charge in [-0.2, -0.15) is 5.10 Å². The second-order valence-electron chi connectivity index (χ2n) is 7.07. The lowest BCUT2D eigenvalue weighted by Gasteiger charge is -2.26. The zero-order valence-electron chi connectivity index (χ0n) is 16.7. The summed E-state index contributed by atoms with van der Waals surface area (Å²) < 4.78 is 20.7. The van der Waals surface area contributed by atoms with Gasteiger partial charge in [0.15, 0.2) is 11.4 Å². The van der Waals surface area contributed by atoms with Gasteiger partial charge < -0.3 is 15.0 Å². The Morgan fingerprint density at radius 3 is 3.00 bits per heavy atom. The number of carbonyl (C=O) groups is 2. The van der Waals surface area contributed by atoms with Gasteiger partial charge in [-0.1, -0.05) is 0 Å². The molecule has 162 valence electrons. The average Bonchev–Trinajstić information content (AvgIpc) is 3.43. The number of nitrogens with one attached hydrogen (secondary N) is 1. The van der Waals surface area contributed by atoms with E-state index in [0.717, 1.165) is 19.0 Å². The first kappa shape index (κ1) is 21.0. The van der Waals surface area contributed by atoms with Crippen molar-refractivity contribution >= 4 is 34.8 Å². The topological polar surface area (TPSA) is 102 Å². The fourth-order valence-corrected chi connectivity index (χ4v) is 3.81. The number of alkyl halides is 1. The van der Waals surface area contributed by atoms with Crippen molar-refractivity contribution in [3.63, 3.8) is 0 Å². The lowest BCUT2D eigenvalue weighted by atomic mass is 10.1. The summed E-state index contributed by atoms with van der Waals surface area (Å²) in [5, 5.41) is 6.68. The van der Waals surface area contributed by atoms with Crippen LogP contribution in [0.3, 0.4) is 0 Å². The third kappa shape index (κ3) is 4.15. The molecule has 0 bridgehead atoms. The van der Waals surface area contributed by atoms with Crippen LogP contribution in [0.2, 0.25) is 0 Å². The highest BCUT2D eigenvalue weighted by Gasteiger charge is 2.31. The molecule has 3 aromatic heterocycles. The molecule has 0 radical (unpaired) electrons. The number of Topliss-reactive ketones (excluding diaryl/α,β-unsaturated/α-hetero) is 1. The molecule has 1 unspecified atom stereocenters. The number of ketones is 1. The molecule has 1 saturated heterocycles. The first-order valence-electron chi connectivity index (χ1n) is 9.68. The van der Waals surface area contributed by atoms with Crippen LogP contribution < -0.4 is 15.0 Å². The summed E-state index contributed by atoms with van der Waals surface area (Å²) in [6.45, 7) is 0.535. The quantitative estimate of drug-likeness (QED) is 0.555. The van der Waals surface area contributed by atoms with Crippen molar-refractivity contribution in [2.75, 3.05) is 31.0 Å². The summed E-state index contributed by atoms with van der Waals surface area (Å²) in [6, 6.07) is 3.05. The fraction of sp³-hybridized carbons (Fsp3) is 0.350. The van der Waals surface area contributed by atoms with Crippen LogP contribution in [-0.2, 0) is 4.79 Å². The number of anilines is 1. The van der Waals surface area contributed by atoms with Crippen molar-refractivity contribution in [3.8, 4) is 5.88 Å². The van der Waals surface area contributed by atoms with Crippen LogP contribution in [0.25, 0.3) is 5.65 Å². The van der Waals surface area contributed by atoms with Crippen molar-refractivity contribution in [1.29, 1.82) is 0 Å². The Labute approximate surface area is 182 Å². The average molecular weight is 447 g/mol. The van der Waals surface area contributed by atoms with Gasteiger partial charge in [0.1, 0.15) is 17.2 Å². The summed E-state index contributed by atoms with van der Waals surface area (Å²) in [4.78, 5) is 34.6. The highest BCUT2D eigenvalue weighted by molar-refractivity contribution is 6.28. The summed E-state index contributed by atoms with van der Waals surface area (Å²) in [5.74, 6) is -0.385. The second kappa shape index (κ2) is 8.84. The Morgan fingerprint density at radius 1 is 1.39 bits per heavy atom. The van der Waals surface area contributed by atoms with Gasteiger partial charge in [-0.05, 0) is 25.0 Å². The van der Waals surface area contributed by atoms with Crippen LogP contribution in [0.5, 0.6) is 5.88 Å². The maximum atomic E-state index is 13.9. The van der Waals surface area contributed by atoms with E-state index >= 15 is 0 Å². The Kier molecular flexibility index (Phi) is 5.99. The minimum absolute atomic E-state index is 0.167.